The summed E-state index contributed by atoms with van der Waals surface area (Å²) in [6.45, 7) is 3.32. The van der Waals surface area contributed by atoms with E-state index in [0.29, 0.717) is 18.8 Å². The van der Waals surface area contributed by atoms with E-state index in [0.717, 1.165) is 24.2 Å². The van der Waals surface area contributed by atoms with Gasteiger partial charge in [0.25, 0.3) is 5.91 Å². The molecule has 0 unspecified atom stereocenters. The standard InChI is InChI=1S/C22H25N5O/c1-25(16-19-11-5-6-12-21(19)26-13-7-8-14-26)22(28)20-17-27(24-23-20)15-18-9-3-2-4-10-18/h2-6,9-12,17H,7-8,13-16H2,1H3. The molecule has 1 saturated heterocycles. The molecule has 1 fully saturated rings. The first kappa shape index (κ1) is 18.2. The number of carbonyl (C=O) groups excluding carboxylic acids is 1. The number of anilines is 1. The molecule has 0 atom stereocenters. The molecule has 0 bridgehead atoms. The second-order valence-corrected chi connectivity index (χ2v) is 7.27. The molecule has 144 valence electrons. The summed E-state index contributed by atoms with van der Waals surface area (Å²) in [7, 11) is 1.82. The van der Waals surface area contributed by atoms with Gasteiger partial charge in [-0.05, 0) is 30.0 Å². The number of benzene rings is 2. The summed E-state index contributed by atoms with van der Waals surface area (Å²) in [4.78, 5) is 17.0. The predicted molar refractivity (Wildman–Crippen MR) is 109 cm³/mol. The molecule has 1 aliphatic rings. The molecule has 1 amide bonds. The molecule has 2 heterocycles. The Balaban J connectivity index is 1.44. The van der Waals surface area contributed by atoms with Crippen molar-refractivity contribution in [2.45, 2.75) is 25.9 Å². The monoisotopic (exact) mass is 375 g/mol. The van der Waals surface area contributed by atoms with Gasteiger partial charge in [0.05, 0.1) is 12.7 Å². The lowest BCUT2D eigenvalue weighted by Crippen LogP contribution is -2.28. The maximum atomic E-state index is 12.8. The van der Waals surface area contributed by atoms with Crippen LogP contribution in [0.1, 0.15) is 34.5 Å². The fraction of sp³-hybridized carbons (Fsp3) is 0.318. The van der Waals surface area contributed by atoms with Gasteiger partial charge in [0.2, 0.25) is 0 Å². The summed E-state index contributed by atoms with van der Waals surface area (Å²) >= 11 is 0. The maximum Gasteiger partial charge on any atom is 0.276 e. The van der Waals surface area contributed by atoms with Crippen molar-refractivity contribution < 1.29 is 4.79 Å². The minimum Gasteiger partial charge on any atom is -0.371 e. The smallest absolute Gasteiger partial charge is 0.276 e. The largest absolute Gasteiger partial charge is 0.371 e. The van der Waals surface area contributed by atoms with Crippen LogP contribution in [0.2, 0.25) is 0 Å². The third-order valence-corrected chi connectivity index (χ3v) is 5.14. The molecule has 6 heteroatoms. The molecule has 1 aromatic heterocycles. The Morgan fingerprint density at radius 1 is 1.04 bits per heavy atom. The summed E-state index contributed by atoms with van der Waals surface area (Å²) in [5, 5.41) is 8.20. The molecule has 0 spiro atoms. The molecule has 2 aromatic carbocycles. The molecule has 4 rings (SSSR count). The third-order valence-electron chi connectivity index (χ3n) is 5.14. The maximum absolute atomic E-state index is 12.8. The first-order valence-electron chi connectivity index (χ1n) is 9.73. The predicted octanol–water partition coefficient (Wildman–Crippen LogP) is 3.20. The van der Waals surface area contributed by atoms with Crippen LogP contribution in [0, 0.1) is 0 Å². The van der Waals surface area contributed by atoms with E-state index in [9.17, 15) is 4.79 Å². The van der Waals surface area contributed by atoms with Gasteiger partial charge < -0.3 is 9.80 Å². The zero-order valence-electron chi connectivity index (χ0n) is 16.2. The highest BCUT2D eigenvalue weighted by Gasteiger charge is 2.20. The first-order chi connectivity index (χ1) is 13.7. The molecule has 6 nitrogen and oxygen atoms in total. The summed E-state index contributed by atoms with van der Waals surface area (Å²) < 4.78 is 1.70. The zero-order chi connectivity index (χ0) is 19.3. The van der Waals surface area contributed by atoms with Crippen molar-refractivity contribution in [1.82, 2.24) is 19.9 Å². The van der Waals surface area contributed by atoms with Crippen molar-refractivity contribution in [2.24, 2.45) is 0 Å². The zero-order valence-corrected chi connectivity index (χ0v) is 16.2. The van der Waals surface area contributed by atoms with E-state index in [1.807, 2.05) is 43.4 Å². The van der Waals surface area contributed by atoms with E-state index >= 15 is 0 Å². The molecule has 28 heavy (non-hydrogen) atoms. The van der Waals surface area contributed by atoms with E-state index < -0.39 is 0 Å². The van der Waals surface area contributed by atoms with Gasteiger partial charge in [0.1, 0.15) is 0 Å². The van der Waals surface area contributed by atoms with E-state index in [4.69, 9.17) is 0 Å². The van der Waals surface area contributed by atoms with Crippen LogP contribution in [0.15, 0.2) is 60.8 Å². The highest BCUT2D eigenvalue weighted by atomic mass is 16.2. The van der Waals surface area contributed by atoms with Crippen LogP contribution in [-0.4, -0.2) is 45.9 Å². The number of amides is 1. The SMILES string of the molecule is CN(Cc1ccccc1N1CCCC1)C(=O)c1cn(Cc2ccccc2)nn1. The van der Waals surface area contributed by atoms with Crippen LogP contribution in [0.3, 0.4) is 0 Å². The van der Waals surface area contributed by atoms with Crippen LogP contribution in [0.5, 0.6) is 0 Å². The van der Waals surface area contributed by atoms with E-state index in [-0.39, 0.29) is 5.91 Å². The Hall–Kier alpha value is -3.15. The van der Waals surface area contributed by atoms with Gasteiger partial charge >= 0.3 is 0 Å². The molecule has 1 aliphatic heterocycles. The Morgan fingerprint density at radius 2 is 1.75 bits per heavy atom. The molecule has 0 aliphatic carbocycles. The van der Waals surface area contributed by atoms with Crippen LogP contribution in [0.25, 0.3) is 0 Å². The first-order valence-corrected chi connectivity index (χ1v) is 9.73. The van der Waals surface area contributed by atoms with Gasteiger partial charge in [-0.3, -0.25) is 4.79 Å². The number of aromatic nitrogens is 3. The Morgan fingerprint density at radius 3 is 2.54 bits per heavy atom. The number of hydrogen-bond donors (Lipinski definition) is 0. The minimum atomic E-state index is -0.115. The molecular formula is C22H25N5O. The number of nitrogens with zero attached hydrogens (tertiary/aromatic N) is 5. The number of para-hydroxylation sites is 1. The molecule has 0 saturated carbocycles. The van der Waals surface area contributed by atoms with Gasteiger partial charge in [0, 0.05) is 32.4 Å². The summed E-state index contributed by atoms with van der Waals surface area (Å²) in [5.41, 5.74) is 3.89. The van der Waals surface area contributed by atoms with Gasteiger partial charge in [0.15, 0.2) is 5.69 Å². The van der Waals surface area contributed by atoms with Crippen molar-refractivity contribution >= 4 is 11.6 Å². The van der Waals surface area contributed by atoms with Crippen LogP contribution < -0.4 is 4.90 Å². The van der Waals surface area contributed by atoms with E-state index in [1.165, 1.54) is 18.5 Å². The summed E-state index contributed by atoms with van der Waals surface area (Å²) in [6.07, 6.45) is 4.18. The average molecular weight is 375 g/mol. The Bertz CT molecular complexity index is 931. The lowest BCUT2D eigenvalue weighted by Gasteiger charge is -2.24. The Labute approximate surface area is 165 Å². The number of carbonyl (C=O) groups is 1. The van der Waals surface area contributed by atoms with Crippen molar-refractivity contribution in [1.29, 1.82) is 0 Å². The molecule has 3 aromatic rings. The second-order valence-electron chi connectivity index (χ2n) is 7.27. The fourth-order valence-electron chi connectivity index (χ4n) is 3.68. The fourth-order valence-corrected chi connectivity index (χ4v) is 3.68. The lowest BCUT2D eigenvalue weighted by atomic mass is 10.1. The van der Waals surface area contributed by atoms with Crippen LogP contribution in [-0.2, 0) is 13.1 Å². The van der Waals surface area contributed by atoms with Crippen molar-refractivity contribution in [3.8, 4) is 0 Å². The highest BCUT2D eigenvalue weighted by Crippen LogP contribution is 2.25. The van der Waals surface area contributed by atoms with Crippen molar-refractivity contribution in [2.75, 3.05) is 25.0 Å². The van der Waals surface area contributed by atoms with Crippen LogP contribution in [0.4, 0.5) is 5.69 Å². The quantitative estimate of drug-likeness (QED) is 0.664. The minimum absolute atomic E-state index is 0.115. The van der Waals surface area contributed by atoms with Crippen molar-refractivity contribution in [3.63, 3.8) is 0 Å². The summed E-state index contributed by atoms with van der Waals surface area (Å²) in [6, 6.07) is 18.4. The Kier molecular flexibility index (Phi) is 5.37. The van der Waals surface area contributed by atoms with Gasteiger partial charge in [-0.2, -0.15) is 0 Å². The average Bonchev–Trinajstić information content (AvgIpc) is 3.41. The topological polar surface area (TPSA) is 54.3 Å². The number of hydrogen-bond acceptors (Lipinski definition) is 4. The van der Waals surface area contributed by atoms with Crippen molar-refractivity contribution in [3.05, 3.63) is 77.6 Å². The van der Waals surface area contributed by atoms with E-state index in [1.54, 1.807) is 15.8 Å². The second kappa shape index (κ2) is 8.25. The molecule has 0 radical (unpaired) electrons. The number of rotatable bonds is 6. The highest BCUT2D eigenvalue weighted by molar-refractivity contribution is 5.91. The van der Waals surface area contributed by atoms with Gasteiger partial charge in [-0.25, -0.2) is 4.68 Å². The molecule has 0 N–H and O–H groups in total. The van der Waals surface area contributed by atoms with Gasteiger partial charge in [-0.15, -0.1) is 5.10 Å². The summed E-state index contributed by atoms with van der Waals surface area (Å²) in [5.74, 6) is -0.115. The normalized spacial score (nSPS) is 13.7. The third kappa shape index (κ3) is 4.06. The lowest BCUT2D eigenvalue weighted by molar-refractivity contribution is 0.0779. The molecular weight excluding hydrogens is 350 g/mol. The van der Waals surface area contributed by atoms with E-state index in [2.05, 4.69) is 33.4 Å². The van der Waals surface area contributed by atoms with Gasteiger partial charge in [-0.1, -0.05) is 53.7 Å². The van der Waals surface area contributed by atoms with Crippen LogP contribution >= 0.6 is 0 Å².